The van der Waals surface area contributed by atoms with Gasteiger partial charge in [0, 0.05) is 38.3 Å². The van der Waals surface area contributed by atoms with Gasteiger partial charge in [-0.2, -0.15) is 0 Å². The molecule has 1 fully saturated rings. The van der Waals surface area contributed by atoms with Crippen LogP contribution < -0.4 is 10.6 Å². The lowest BCUT2D eigenvalue weighted by atomic mass is 10.1. The van der Waals surface area contributed by atoms with Gasteiger partial charge < -0.3 is 15.4 Å². The van der Waals surface area contributed by atoms with E-state index in [4.69, 9.17) is 4.74 Å². The summed E-state index contributed by atoms with van der Waals surface area (Å²) >= 11 is 0. The third-order valence-corrected chi connectivity index (χ3v) is 3.72. The smallest absolute Gasteiger partial charge is 0.134 e. The molecule has 2 N–H and O–H groups in total. The summed E-state index contributed by atoms with van der Waals surface area (Å²) in [5.41, 5.74) is 1.10. The first kappa shape index (κ1) is 15.0. The molecule has 2 rings (SSSR count). The van der Waals surface area contributed by atoms with Crippen molar-refractivity contribution >= 4 is 11.6 Å². The van der Waals surface area contributed by atoms with Crippen molar-refractivity contribution < 1.29 is 4.74 Å². The molecule has 0 spiro atoms. The van der Waals surface area contributed by atoms with Crippen molar-refractivity contribution in [3.8, 4) is 0 Å². The summed E-state index contributed by atoms with van der Waals surface area (Å²) in [5.74, 6) is 3.50. The minimum atomic E-state index is 0.698. The van der Waals surface area contributed by atoms with E-state index in [0.29, 0.717) is 5.92 Å². The molecule has 5 nitrogen and oxygen atoms in total. The van der Waals surface area contributed by atoms with E-state index in [-0.39, 0.29) is 0 Å². The van der Waals surface area contributed by atoms with Gasteiger partial charge in [-0.1, -0.05) is 6.92 Å². The first-order valence-electron chi connectivity index (χ1n) is 7.67. The number of hydrogen-bond acceptors (Lipinski definition) is 5. The fraction of sp³-hybridized carbons (Fsp3) is 0.733. The standard InChI is InChI=1S/C15H26N4O/c1-4-13-18-14(16-5-2)11(3)15(19-13)17-8-6-12-7-9-20-10-12/h12H,4-10H2,1-3H3,(H2,16,17,18,19). The molecule has 1 aromatic rings. The van der Waals surface area contributed by atoms with Crippen LogP contribution in [0.5, 0.6) is 0 Å². The fourth-order valence-electron chi connectivity index (χ4n) is 2.44. The van der Waals surface area contributed by atoms with E-state index in [9.17, 15) is 0 Å². The number of nitrogens with one attached hydrogen (secondary N) is 2. The lowest BCUT2D eigenvalue weighted by Gasteiger charge is -2.15. The van der Waals surface area contributed by atoms with Gasteiger partial charge in [0.05, 0.1) is 0 Å². The molecule has 0 aliphatic carbocycles. The Labute approximate surface area is 121 Å². The summed E-state index contributed by atoms with van der Waals surface area (Å²) in [7, 11) is 0. The molecule has 1 atom stereocenters. The summed E-state index contributed by atoms with van der Waals surface area (Å²) in [4.78, 5) is 9.15. The third kappa shape index (κ3) is 3.82. The molecule has 0 radical (unpaired) electrons. The van der Waals surface area contributed by atoms with Crippen LogP contribution in [0.1, 0.15) is 38.1 Å². The van der Waals surface area contributed by atoms with Crippen molar-refractivity contribution in [3.05, 3.63) is 11.4 Å². The zero-order chi connectivity index (χ0) is 14.4. The molecule has 0 saturated carbocycles. The van der Waals surface area contributed by atoms with Crippen LogP contribution in [0.4, 0.5) is 11.6 Å². The maximum Gasteiger partial charge on any atom is 0.134 e. The van der Waals surface area contributed by atoms with Crippen LogP contribution in [0.25, 0.3) is 0 Å². The molecule has 1 unspecified atom stereocenters. The summed E-state index contributed by atoms with van der Waals surface area (Å²) in [6.45, 7) is 9.88. The monoisotopic (exact) mass is 278 g/mol. The van der Waals surface area contributed by atoms with Gasteiger partial charge in [0.2, 0.25) is 0 Å². The molecule has 2 heterocycles. The Kier molecular flexibility index (Phi) is 5.59. The Balaban J connectivity index is 1.99. The Bertz CT molecular complexity index is 430. The Morgan fingerprint density at radius 3 is 2.55 bits per heavy atom. The lowest BCUT2D eigenvalue weighted by Crippen LogP contribution is -2.14. The molecule has 112 valence electrons. The van der Waals surface area contributed by atoms with E-state index in [1.807, 2.05) is 0 Å². The summed E-state index contributed by atoms with van der Waals surface area (Å²) in [6, 6.07) is 0. The average molecular weight is 278 g/mol. The van der Waals surface area contributed by atoms with Gasteiger partial charge in [0.15, 0.2) is 0 Å². The number of hydrogen-bond donors (Lipinski definition) is 2. The molecule has 20 heavy (non-hydrogen) atoms. The van der Waals surface area contributed by atoms with Crippen molar-refractivity contribution in [1.82, 2.24) is 9.97 Å². The molecule has 1 aliphatic rings. The number of aromatic nitrogens is 2. The SMILES string of the molecule is CCNc1nc(CC)nc(NCCC2CCOC2)c1C. The highest BCUT2D eigenvalue weighted by Crippen LogP contribution is 2.21. The number of aryl methyl sites for hydroxylation is 1. The molecule has 0 bridgehead atoms. The van der Waals surface area contributed by atoms with Crippen LogP contribution >= 0.6 is 0 Å². The summed E-state index contributed by atoms with van der Waals surface area (Å²) in [6.07, 6.45) is 3.18. The predicted molar refractivity (Wildman–Crippen MR) is 82.3 cm³/mol. The number of rotatable bonds is 7. The second-order valence-corrected chi connectivity index (χ2v) is 5.29. The van der Waals surface area contributed by atoms with Crippen molar-refractivity contribution in [1.29, 1.82) is 0 Å². The average Bonchev–Trinajstić information content (AvgIpc) is 2.96. The number of anilines is 2. The highest BCUT2D eigenvalue weighted by Gasteiger charge is 2.15. The van der Waals surface area contributed by atoms with Gasteiger partial charge in [-0.25, -0.2) is 9.97 Å². The van der Waals surface area contributed by atoms with Gasteiger partial charge in [-0.3, -0.25) is 0 Å². The van der Waals surface area contributed by atoms with Crippen LogP contribution in [0.15, 0.2) is 0 Å². The highest BCUT2D eigenvalue weighted by molar-refractivity contribution is 5.57. The normalized spacial score (nSPS) is 18.2. The fourth-order valence-corrected chi connectivity index (χ4v) is 2.44. The van der Waals surface area contributed by atoms with Crippen LogP contribution in [0.3, 0.4) is 0 Å². The van der Waals surface area contributed by atoms with Gasteiger partial charge >= 0.3 is 0 Å². The quantitative estimate of drug-likeness (QED) is 0.803. The van der Waals surface area contributed by atoms with Gasteiger partial charge in [0.25, 0.3) is 0 Å². The van der Waals surface area contributed by atoms with E-state index in [2.05, 4.69) is 41.4 Å². The maximum absolute atomic E-state index is 5.41. The minimum Gasteiger partial charge on any atom is -0.381 e. The zero-order valence-electron chi connectivity index (χ0n) is 12.8. The van der Waals surface area contributed by atoms with E-state index < -0.39 is 0 Å². The molecular weight excluding hydrogens is 252 g/mol. The molecule has 1 aliphatic heterocycles. The number of ether oxygens (including phenoxy) is 1. The summed E-state index contributed by atoms with van der Waals surface area (Å²) in [5, 5.41) is 6.78. The predicted octanol–water partition coefficient (Wildman–Crippen LogP) is 2.62. The molecule has 5 heteroatoms. The van der Waals surface area contributed by atoms with Crippen LogP contribution in [-0.2, 0) is 11.2 Å². The topological polar surface area (TPSA) is 59.1 Å². The van der Waals surface area contributed by atoms with Gasteiger partial charge in [-0.05, 0) is 32.6 Å². The van der Waals surface area contributed by atoms with Crippen molar-refractivity contribution in [2.24, 2.45) is 5.92 Å². The largest absolute Gasteiger partial charge is 0.381 e. The van der Waals surface area contributed by atoms with Crippen LogP contribution in [0.2, 0.25) is 0 Å². The maximum atomic E-state index is 5.41. The number of nitrogens with zero attached hydrogens (tertiary/aromatic N) is 2. The van der Waals surface area contributed by atoms with E-state index >= 15 is 0 Å². The van der Waals surface area contributed by atoms with Gasteiger partial charge in [-0.15, -0.1) is 0 Å². The Morgan fingerprint density at radius 2 is 1.95 bits per heavy atom. The van der Waals surface area contributed by atoms with E-state index in [1.54, 1.807) is 0 Å². The third-order valence-electron chi connectivity index (χ3n) is 3.72. The lowest BCUT2D eigenvalue weighted by molar-refractivity contribution is 0.185. The van der Waals surface area contributed by atoms with Crippen molar-refractivity contribution in [2.75, 3.05) is 36.9 Å². The summed E-state index contributed by atoms with van der Waals surface area (Å²) < 4.78 is 5.41. The highest BCUT2D eigenvalue weighted by atomic mass is 16.5. The Hall–Kier alpha value is -1.36. The Morgan fingerprint density at radius 1 is 1.20 bits per heavy atom. The molecule has 0 amide bonds. The van der Waals surface area contributed by atoms with Crippen molar-refractivity contribution in [2.45, 2.75) is 40.0 Å². The molecule has 0 aromatic carbocycles. The van der Waals surface area contributed by atoms with E-state index in [1.165, 1.54) is 6.42 Å². The van der Waals surface area contributed by atoms with E-state index in [0.717, 1.165) is 62.2 Å². The second kappa shape index (κ2) is 7.43. The molecule has 1 saturated heterocycles. The second-order valence-electron chi connectivity index (χ2n) is 5.29. The first-order chi connectivity index (χ1) is 9.74. The molecule has 1 aromatic heterocycles. The zero-order valence-corrected chi connectivity index (χ0v) is 12.8. The van der Waals surface area contributed by atoms with Crippen LogP contribution in [0, 0.1) is 12.8 Å². The minimum absolute atomic E-state index is 0.698. The first-order valence-corrected chi connectivity index (χ1v) is 7.67. The van der Waals surface area contributed by atoms with Crippen molar-refractivity contribution in [3.63, 3.8) is 0 Å². The van der Waals surface area contributed by atoms with Crippen LogP contribution in [-0.4, -0.2) is 36.3 Å². The van der Waals surface area contributed by atoms with Gasteiger partial charge in [0.1, 0.15) is 17.5 Å². The molecular formula is C15H26N4O.